The molecule has 10 nitrogen and oxygen atoms in total. The lowest BCUT2D eigenvalue weighted by atomic mass is 9.86. The number of rotatable bonds is 9. The molecule has 0 aliphatic carbocycles. The molecule has 2 aromatic heterocycles. The van der Waals surface area contributed by atoms with Crippen LogP contribution in [-0.4, -0.2) is 48.2 Å². The Morgan fingerprint density at radius 1 is 0.911 bits per heavy atom. The number of amides is 1. The summed E-state index contributed by atoms with van der Waals surface area (Å²) in [6.07, 6.45) is 2.18. The van der Waals surface area contributed by atoms with Gasteiger partial charge in [0.25, 0.3) is 0 Å². The average Bonchev–Trinajstić information content (AvgIpc) is 2.90. The number of sulfonamides is 1. The van der Waals surface area contributed by atoms with Crippen molar-refractivity contribution >= 4 is 43.8 Å². The van der Waals surface area contributed by atoms with Crippen LogP contribution in [0.2, 0.25) is 0 Å². The second kappa shape index (κ2) is 14.0. The van der Waals surface area contributed by atoms with Gasteiger partial charge in [-0.1, -0.05) is 45.0 Å². The van der Waals surface area contributed by atoms with Gasteiger partial charge >= 0.3 is 12.1 Å². The highest BCUT2D eigenvalue weighted by atomic mass is 79.9. The molecule has 0 radical (unpaired) electrons. The van der Waals surface area contributed by atoms with Crippen LogP contribution in [0.5, 0.6) is 0 Å². The van der Waals surface area contributed by atoms with Crippen LogP contribution < -0.4 is 9.62 Å². The third-order valence-corrected chi connectivity index (χ3v) is 8.42. The predicted octanol–water partition coefficient (Wildman–Crippen LogP) is 6.88. The highest BCUT2D eigenvalue weighted by Crippen LogP contribution is 2.31. The second-order valence-corrected chi connectivity index (χ2v) is 16.3. The molecule has 1 aromatic carbocycles. The predicted molar refractivity (Wildman–Crippen MR) is 178 cm³/mol. The summed E-state index contributed by atoms with van der Waals surface area (Å²) in [5, 5.41) is 0. The molecule has 3 aromatic rings. The van der Waals surface area contributed by atoms with Gasteiger partial charge in [0.15, 0.2) is 0 Å². The van der Waals surface area contributed by atoms with Crippen molar-refractivity contribution < 1.29 is 27.5 Å². The number of pyridine rings is 2. The van der Waals surface area contributed by atoms with Crippen LogP contribution in [0.4, 0.5) is 10.6 Å². The third kappa shape index (κ3) is 10.9. The van der Waals surface area contributed by atoms with Crippen LogP contribution in [0, 0.1) is 0 Å². The molecular weight excluding hydrogens is 660 g/mol. The SMILES string of the molecule is CC(C)(C)OC(=O)CN(C(=O)OC(C)(C)C)c1ccc(Br)c(C(Cc2ccc(C(C)(C)C)cc2)NS(=O)(=O)c2cccnc2)n1. The molecule has 244 valence electrons. The molecule has 0 saturated carbocycles. The summed E-state index contributed by atoms with van der Waals surface area (Å²) < 4.78 is 41.4. The van der Waals surface area contributed by atoms with Crippen molar-refractivity contribution in [3.63, 3.8) is 0 Å². The Labute approximate surface area is 275 Å². The van der Waals surface area contributed by atoms with Gasteiger partial charge in [0.1, 0.15) is 28.5 Å². The van der Waals surface area contributed by atoms with E-state index in [9.17, 15) is 18.0 Å². The number of halogens is 1. The Kier molecular flexibility index (Phi) is 11.2. The van der Waals surface area contributed by atoms with Gasteiger partial charge < -0.3 is 9.47 Å². The zero-order valence-corrected chi connectivity index (χ0v) is 29.7. The molecular formula is C33H43BrN4O6S. The summed E-state index contributed by atoms with van der Waals surface area (Å²) in [7, 11) is -4.04. The minimum Gasteiger partial charge on any atom is -0.459 e. The van der Waals surface area contributed by atoms with E-state index < -0.39 is 45.9 Å². The monoisotopic (exact) mass is 702 g/mol. The van der Waals surface area contributed by atoms with E-state index in [-0.39, 0.29) is 22.5 Å². The quantitative estimate of drug-likeness (QED) is 0.239. The van der Waals surface area contributed by atoms with E-state index in [1.54, 1.807) is 59.7 Å². The first-order chi connectivity index (χ1) is 20.6. The van der Waals surface area contributed by atoms with Gasteiger partial charge in [0, 0.05) is 16.9 Å². The number of anilines is 1. The number of ether oxygens (including phenoxy) is 2. The summed E-state index contributed by atoms with van der Waals surface area (Å²) in [5.41, 5.74) is 0.597. The summed E-state index contributed by atoms with van der Waals surface area (Å²) in [5.74, 6) is -0.575. The second-order valence-electron chi connectivity index (χ2n) is 13.7. The van der Waals surface area contributed by atoms with E-state index in [0.717, 1.165) is 16.0 Å². The normalized spacial score (nSPS) is 13.2. The van der Waals surface area contributed by atoms with E-state index in [1.165, 1.54) is 18.5 Å². The number of nitrogens with zero attached hydrogens (tertiary/aromatic N) is 3. The van der Waals surface area contributed by atoms with Crippen molar-refractivity contribution in [1.29, 1.82) is 0 Å². The van der Waals surface area contributed by atoms with E-state index in [0.29, 0.717) is 10.2 Å². The zero-order valence-electron chi connectivity index (χ0n) is 27.3. The maximum Gasteiger partial charge on any atom is 0.416 e. The Morgan fingerprint density at radius 3 is 2.07 bits per heavy atom. The van der Waals surface area contributed by atoms with Crippen LogP contribution in [0.15, 0.2) is 70.3 Å². The molecule has 0 aliphatic heterocycles. The molecule has 0 saturated heterocycles. The molecule has 0 spiro atoms. The Balaban J connectivity index is 2.11. The molecule has 2 heterocycles. The molecule has 12 heteroatoms. The van der Waals surface area contributed by atoms with Gasteiger partial charge in [-0.3, -0.25) is 14.7 Å². The molecule has 45 heavy (non-hydrogen) atoms. The number of carbonyl (C=O) groups is 2. The summed E-state index contributed by atoms with van der Waals surface area (Å²) >= 11 is 3.54. The Hall–Kier alpha value is -3.35. The lowest BCUT2D eigenvalue weighted by molar-refractivity contribution is -0.153. The number of hydrogen-bond donors (Lipinski definition) is 1. The van der Waals surface area contributed by atoms with Crippen molar-refractivity contribution in [2.75, 3.05) is 11.4 Å². The van der Waals surface area contributed by atoms with E-state index in [4.69, 9.17) is 14.5 Å². The fourth-order valence-electron chi connectivity index (χ4n) is 4.23. The number of aromatic nitrogens is 2. The molecule has 1 atom stereocenters. The zero-order chi connectivity index (χ0) is 33.8. The lowest BCUT2D eigenvalue weighted by Crippen LogP contribution is -2.42. The fraction of sp³-hybridized carbons (Fsp3) is 0.455. The fourth-order valence-corrected chi connectivity index (χ4v) is 5.89. The van der Waals surface area contributed by atoms with Gasteiger partial charge in [-0.2, -0.15) is 0 Å². The first kappa shape index (κ1) is 36.1. The number of hydrogen-bond acceptors (Lipinski definition) is 8. The topological polar surface area (TPSA) is 128 Å². The van der Waals surface area contributed by atoms with Gasteiger partial charge in [0.05, 0.1) is 11.7 Å². The maximum absolute atomic E-state index is 13.5. The molecule has 0 bridgehead atoms. The number of esters is 1. The molecule has 1 unspecified atom stereocenters. The van der Waals surface area contributed by atoms with Crippen LogP contribution >= 0.6 is 15.9 Å². The summed E-state index contributed by atoms with van der Waals surface area (Å²) in [4.78, 5) is 36.0. The highest BCUT2D eigenvalue weighted by molar-refractivity contribution is 9.10. The van der Waals surface area contributed by atoms with Crippen molar-refractivity contribution in [3.05, 3.63) is 82.2 Å². The van der Waals surface area contributed by atoms with E-state index in [1.807, 2.05) is 24.3 Å². The van der Waals surface area contributed by atoms with Crippen molar-refractivity contribution in [2.24, 2.45) is 0 Å². The molecule has 1 N–H and O–H groups in total. The molecule has 1 amide bonds. The van der Waals surface area contributed by atoms with Gasteiger partial charge in [0.2, 0.25) is 10.0 Å². The standard InChI is InChI=1S/C33H43BrN4O6S/c1-31(2,3)23-14-12-22(13-15-23)19-26(37-45(41,42)24-11-10-18-35-20-24)29-25(34)16-17-27(36-29)38(30(40)44-33(7,8)9)21-28(39)43-32(4,5)6/h10-18,20,26,37H,19,21H2,1-9H3. The smallest absolute Gasteiger partial charge is 0.416 e. The van der Waals surface area contributed by atoms with Gasteiger partial charge in [-0.25, -0.2) is 22.9 Å². The first-order valence-electron chi connectivity index (χ1n) is 14.6. The Bertz CT molecular complexity index is 1590. The van der Waals surface area contributed by atoms with Crippen LogP contribution in [0.1, 0.15) is 85.2 Å². The minimum absolute atomic E-state index is 0.00864. The summed E-state index contributed by atoms with van der Waals surface area (Å²) in [6, 6.07) is 13.3. The molecule has 0 fully saturated rings. The number of nitrogens with one attached hydrogen (secondary N) is 1. The van der Waals surface area contributed by atoms with E-state index in [2.05, 4.69) is 46.4 Å². The molecule has 3 rings (SSSR count). The van der Waals surface area contributed by atoms with Crippen molar-refractivity contribution in [3.8, 4) is 0 Å². The maximum atomic E-state index is 13.5. The van der Waals surface area contributed by atoms with E-state index >= 15 is 0 Å². The largest absolute Gasteiger partial charge is 0.459 e. The highest BCUT2D eigenvalue weighted by Gasteiger charge is 2.31. The van der Waals surface area contributed by atoms with Gasteiger partial charge in [-0.05, 0) is 105 Å². The van der Waals surface area contributed by atoms with Crippen LogP contribution in [0.25, 0.3) is 0 Å². The van der Waals surface area contributed by atoms with Crippen molar-refractivity contribution in [2.45, 2.75) is 96.3 Å². The van der Waals surface area contributed by atoms with Crippen molar-refractivity contribution in [1.82, 2.24) is 14.7 Å². The van der Waals surface area contributed by atoms with Crippen LogP contribution in [0.3, 0.4) is 0 Å². The third-order valence-electron chi connectivity index (χ3n) is 6.29. The Morgan fingerprint density at radius 2 is 1.53 bits per heavy atom. The lowest BCUT2D eigenvalue weighted by Gasteiger charge is -2.28. The average molecular weight is 704 g/mol. The minimum atomic E-state index is -4.04. The number of carbonyl (C=O) groups excluding carboxylic acids is 2. The van der Waals surface area contributed by atoms with Crippen LogP contribution in [-0.2, 0) is 36.1 Å². The molecule has 0 aliphatic rings. The van der Waals surface area contributed by atoms with Gasteiger partial charge in [-0.15, -0.1) is 0 Å². The number of benzene rings is 1. The summed E-state index contributed by atoms with van der Waals surface area (Å²) in [6.45, 7) is 16.2. The first-order valence-corrected chi connectivity index (χ1v) is 16.8.